The predicted molar refractivity (Wildman–Crippen MR) is 209 cm³/mol. The Labute approximate surface area is 287 Å². The Bertz CT molecular complexity index is 3170. The number of aromatic nitrogens is 1. The lowest BCUT2D eigenvalue weighted by Gasteiger charge is -2.42. The van der Waals surface area contributed by atoms with Gasteiger partial charge < -0.3 is 13.8 Å². The van der Waals surface area contributed by atoms with Crippen LogP contribution in [0.15, 0.2) is 156 Å². The Kier molecular flexibility index (Phi) is 4.45. The molecular weight excluding hydrogens is 607 g/mol. The molecular formula is C46H25BN2O. The zero-order chi connectivity index (χ0) is 32.2. The van der Waals surface area contributed by atoms with E-state index < -0.39 is 0 Å². The van der Waals surface area contributed by atoms with Crippen molar-refractivity contribution in [3.63, 3.8) is 0 Å². The van der Waals surface area contributed by atoms with Gasteiger partial charge in [-0.2, -0.15) is 0 Å². The van der Waals surface area contributed by atoms with E-state index in [-0.39, 0.29) is 6.85 Å². The van der Waals surface area contributed by atoms with Gasteiger partial charge in [0.15, 0.2) is 0 Å². The second kappa shape index (κ2) is 8.74. The zero-order valence-electron chi connectivity index (χ0n) is 26.8. The lowest BCUT2D eigenvalue weighted by atomic mass is 9.43. The first-order chi connectivity index (χ1) is 24.8. The molecule has 0 saturated heterocycles. The number of rotatable bonds is 1. The predicted octanol–water partition coefficient (Wildman–Crippen LogP) is 10.7. The molecule has 0 N–H and O–H groups in total. The zero-order valence-corrected chi connectivity index (χ0v) is 26.8. The molecule has 2 aliphatic heterocycles. The van der Waals surface area contributed by atoms with E-state index in [1.807, 2.05) is 0 Å². The molecule has 0 saturated carbocycles. The summed E-state index contributed by atoms with van der Waals surface area (Å²) in [5, 5.41) is 7.64. The van der Waals surface area contributed by atoms with Crippen LogP contribution in [0.1, 0.15) is 0 Å². The summed E-state index contributed by atoms with van der Waals surface area (Å²) in [6.45, 7) is -0.0608. The fraction of sp³-hybridized carbons (Fsp3) is 0. The highest BCUT2D eigenvalue weighted by molar-refractivity contribution is 6.94. The van der Waals surface area contributed by atoms with Crippen LogP contribution in [-0.2, 0) is 0 Å². The molecule has 10 aromatic rings. The summed E-state index contributed by atoms with van der Waals surface area (Å²) in [6, 6.07) is 56.0. The van der Waals surface area contributed by atoms with Gasteiger partial charge in [-0.05, 0) is 79.8 Å². The quantitative estimate of drug-likeness (QED) is 0.168. The molecule has 0 atom stereocenters. The van der Waals surface area contributed by atoms with Crippen molar-refractivity contribution < 1.29 is 4.42 Å². The van der Waals surface area contributed by atoms with Crippen LogP contribution in [-0.4, -0.2) is 11.4 Å². The first-order valence-corrected chi connectivity index (χ1v) is 17.4. The minimum atomic E-state index is -0.0608. The fourth-order valence-corrected chi connectivity index (χ4v) is 9.89. The van der Waals surface area contributed by atoms with Gasteiger partial charge in [0.05, 0.1) is 11.0 Å². The van der Waals surface area contributed by atoms with Crippen LogP contribution in [0.3, 0.4) is 0 Å². The van der Waals surface area contributed by atoms with Gasteiger partial charge in [0.1, 0.15) is 11.2 Å². The van der Waals surface area contributed by atoms with Gasteiger partial charge in [0.25, 0.3) is 0 Å². The molecule has 2 aromatic heterocycles. The van der Waals surface area contributed by atoms with Crippen LogP contribution >= 0.6 is 0 Å². The Morgan fingerprint density at radius 3 is 2.04 bits per heavy atom. The van der Waals surface area contributed by atoms with Crippen LogP contribution in [0.2, 0.25) is 0 Å². The van der Waals surface area contributed by atoms with Crippen molar-refractivity contribution in [3.8, 4) is 39.1 Å². The molecule has 0 spiro atoms. The van der Waals surface area contributed by atoms with E-state index in [0.29, 0.717) is 0 Å². The smallest absolute Gasteiger partial charge is 0.333 e. The average Bonchev–Trinajstić information content (AvgIpc) is 3.69. The number of para-hydroxylation sites is 3. The highest BCUT2D eigenvalue weighted by atomic mass is 16.3. The van der Waals surface area contributed by atoms with Crippen molar-refractivity contribution in [1.82, 2.24) is 4.57 Å². The topological polar surface area (TPSA) is 21.3 Å². The number of nitrogens with zero attached hydrogens (tertiary/aromatic N) is 2. The molecule has 4 heteroatoms. The van der Waals surface area contributed by atoms with Crippen LogP contribution in [0.5, 0.6) is 0 Å². The highest BCUT2D eigenvalue weighted by Gasteiger charge is 2.46. The van der Waals surface area contributed by atoms with E-state index in [2.05, 4.69) is 161 Å². The molecule has 50 heavy (non-hydrogen) atoms. The van der Waals surface area contributed by atoms with Gasteiger partial charge in [-0.3, -0.25) is 0 Å². The summed E-state index contributed by atoms with van der Waals surface area (Å²) in [5.74, 6) is 0. The third-order valence-corrected chi connectivity index (χ3v) is 11.7. The van der Waals surface area contributed by atoms with Crippen LogP contribution < -0.4 is 15.7 Å². The normalized spacial score (nSPS) is 13.5. The van der Waals surface area contributed by atoms with Gasteiger partial charge >= 0.3 is 6.85 Å². The van der Waals surface area contributed by atoms with Gasteiger partial charge in [0.2, 0.25) is 0 Å². The molecule has 8 aromatic carbocycles. The van der Waals surface area contributed by atoms with Gasteiger partial charge in [-0.25, -0.2) is 0 Å². The molecule has 3 aliphatic rings. The van der Waals surface area contributed by atoms with Crippen LogP contribution in [0.25, 0.3) is 93.6 Å². The summed E-state index contributed by atoms with van der Waals surface area (Å²) in [5.41, 5.74) is 18.3. The van der Waals surface area contributed by atoms with E-state index in [4.69, 9.17) is 4.42 Å². The number of furan rings is 1. The first kappa shape index (κ1) is 25.5. The van der Waals surface area contributed by atoms with Crippen molar-refractivity contribution in [3.05, 3.63) is 152 Å². The molecule has 1 aliphatic carbocycles. The summed E-state index contributed by atoms with van der Waals surface area (Å²) >= 11 is 0. The van der Waals surface area contributed by atoms with Crippen LogP contribution in [0.4, 0.5) is 11.4 Å². The van der Waals surface area contributed by atoms with Gasteiger partial charge in [-0.1, -0.05) is 115 Å². The van der Waals surface area contributed by atoms with Crippen LogP contribution in [0, 0.1) is 0 Å². The average molecular weight is 633 g/mol. The summed E-state index contributed by atoms with van der Waals surface area (Å²) in [7, 11) is 0. The number of hydrogen-bond donors (Lipinski definition) is 0. The second-order valence-electron chi connectivity index (χ2n) is 14.0. The number of anilines is 2. The Morgan fingerprint density at radius 2 is 1.18 bits per heavy atom. The molecule has 13 rings (SSSR count). The third-order valence-electron chi connectivity index (χ3n) is 11.7. The monoisotopic (exact) mass is 632 g/mol. The lowest BCUT2D eigenvalue weighted by Crippen LogP contribution is -2.60. The number of hydrogen-bond acceptors (Lipinski definition) is 2. The van der Waals surface area contributed by atoms with Crippen molar-refractivity contribution in [2.45, 2.75) is 0 Å². The van der Waals surface area contributed by atoms with Crippen molar-refractivity contribution in [1.29, 1.82) is 0 Å². The van der Waals surface area contributed by atoms with Gasteiger partial charge in [0, 0.05) is 50.2 Å². The van der Waals surface area contributed by atoms with E-state index >= 15 is 0 Å². The highest BCUT2D eigenvalue weighted by Crippen LogP contribution is 2.53. The van der Waals surface area contributed by atoms with Crippen molar-refractivity contribution in [2.75, 3.05) is 4.81 Å². The number of fused-ring (bicyclic) bond motifs is 12. The van der Waals surface area contributed by atoms with E-state index in [0.717, 1.165) is 16.6 Å². The molecule has 0 fully saturated rings. The lowest BCUT2D eigenvalue weighted by molar-refractivity contribution is 0.669. The summed E-state index contributed by atoms with van der Waals surface area (Å²) < 4.78 is 9.34. The summed E-state index contributed by atoms with van der Waals surface area (Å²) in [4.78, 5) is 2.59. The van der Waals surface area contributed by atoms with E-state index in [1.54, 1.807) is 0 Å². The van der Waals surface area contributed by atoms with E-state index in [9.17, 15) is 0 Å². The van der Waals surface area contributed by atoms with Crippen molar-refractivity contribution in [2.24, 2.45) is 0 Å². The standard InChI is InChI=1S/C46H25BN2O/c1-2-13-27(14-3-1)49-35-21-8-6-17-32(35)43-42-33-18-7-9-23-38(33)50-39(42)25-37-45(43)47(49)34-24-26-12-10-19-30-28-15-4-5-16-29(28)31-20-11-22-36-41(31)44(40(26)30)46(34)48(36)37/h1-25H. The molecule has 0 amide bonds. The Morgan fingerprint density at radius 1 is 0.480 bits per heavy atom. The molecule has 0 radical (unpaired) electrons. The third kappa shape index (κ3) is 2.85. The fourth-order valence-electron chi connectivity index (χ4n) is 9.89. The molecule has 0 bridgehead atoms. The van der Waals surface area contributed by atoms with Gasteiger partial charge in [-0.15, -0.1) is 0 Å². The summed E-state index contributed by atoms with van der Waals surface area (Å²) in [6.07, 6.45) is 0. The minimum Gasteiger partial charge on any atom is -0.456 e. The Balaban J connectivity index is 1.32. The molecule has 3 nitrogen and oxygen atoms in total. The SMILES string of the molecule is c1ccc(N2B3c4c(cc5oc6ccccc6c5c4-c4ccccc42)-n2c4cccc5c4c4c6c(cccc6cc3c42)-c2ccccc2-5)cc1. The maximum absolute atomic E-state index is 6.76. The largest absolute Gasteiger partial charge is 0.456 e. The maximum atomic E-state index is 6.76. The second-order valence-corrected chi connectivity index (χ2v) is 14.0. The van der Waals surface area contributed by atoms with Crippen molar-refractivity contribution >= 4 is 83.7 Å². The maximum Gasteiger partial charge on any atom is 0.333 e. The number of benzene rings is 8. The molecule has 0 unspecified atom stereocenters. The Hall–Kier alpha value is -6.52. The minimum absolute atomic E-state index is 0.0608. The molecule has 4 heterocycles. The first-order valence-electron chi connectivity index (χ1n) is 17.4. The molecule has 228 valence electrons. The van der Waals surface area contributed by atoms with E-state index in [1.165, 1.54) is 99.3 Å².